The highest BCUT2D eigenvalue weighted by Crippen LogP contribution is 2.14. The molecule has 3 rings (SSSR count). The molecule has 1 aliphatic rings. The van der Waals surface area contributed by atoms with Crippen molar-refractivity contribution in [3.8, 4) is 0 Å². The average Bonchev–Trinajstić information content (AvgIpc) is 2.82. The van der Waals surface area contributed by atoms with Gasteiger partial charge in [-0.2, -0.15) is 4.98 Å². The predicted octanol–water partition coefficient (Wildman–Crippen LogP) is 1.67. The van der Waals surface area contributed by atoms with Gasteiger partial charge in [-0.3, -0.25) is 0 Å². The van der Waals surface area contributed by atoms with Crippen molar-refractivity contribution < 1.29 is 4.39 Å². The van der Waals surface area contributed by atoms with Crippen LogP contribution in [0.25, 0.3) is 5.65 Å². The van der Waals surface area contributed by atoms with Crippen LogP contribution in [-0.2, 0) is 0 Å². The van der Waals surface area contributed by atoms with Crippen molar-refractivity contribution in [3.63, 3.8) is 0 Å². The van der Waals surface area contributed by atoms with E-state index in [1.165, 1.54) is 29.6 Å². The van der Waals surface area contributed by atoms with Crippen molar-refractivity contribution in [2.45, 2.75) is 19.3 Å². The van der Waals surface area contributed by atoms with Crippen LogP contribution in [0.4, 0.5) is 10.3 Å². The Kier molecular flexibility index (Phi) is 3.59. The van der Waals surface area contributed by atoms with Crippen LogP contribution in [0.1, 0.15) is 19.3 Å². The molecule has 1 unspecified atom stereocenters. The number of nitrogens with one attached hydrogen (secondary N) is 2. The van der Waals surface area contributed by atoms with Crippen molar-refractivity contribution >= 4 is 11.6 Å². The van der Waals surface area contributed by atoms with Crippen LogP contribution >= 0.6 is 0 Å². The number of hydrogen-bond acceptors (Lipinski definition) is 4. The molecule has 0 amide bonds. The summed E-state index contributed by atoms with van der Waals surface area (Å²) in [6, 6.07) is 3.01. The van der Waals surface area contributed by atoms with E-state index in [-0.39, 0.29) is 5.82 Å². The molecule has 2 aromatic heterocycles. The lowest BCUT2D eigenvalue weighted by Gasteiger charge is -2.22. The minimum Gasteiger partial charge on any atom is -0.353 e. The topological polar surface area (TPSA) is 54.2 Å². The van der Waals surface area contributed by atoms with Crippen LogP contribution in [0.5, 0.6) is 0 Å². The molecule has 2 aromatic rings. The second-order valence-corrected chi connectivity index (χ2v) is 5.01. The summed E-state index contributed by atoms with van der Waals surface area (Å²) >= 11 is 0. The molecule has 0 radical (unpaired) electrons. The van der Waals surface area contributed by atoms with Gasteiger partial charge in [-0.1, -0.05) is 0 Å². The third-order valence-electron chi connectivity index (χ3n) is 3.53. The van der Waals surface area contributed by atoms with Gasteiger partial charge in [0.15, 0.2) is 5.65 Å². The lowest BCUT2D eigenvalue weighted by Crippen LogP contribution is -2.30. The SMILES string of the molecule is Fc1ccc2nc(NCCC3CCCNC3)nn2c1. The monoisotopic (exact) mass is 263 g/mol. The first-order valence-corrected chi connectivity index (χ1v) is 6.78. The number of pyridine rings is 1. The van der Waals surface area contributed by atoms with Crippen LogP contribution in [0.3, 0.4) is 0 Å². The molecule has 1 aliphatic heterocycles. The van der Waals surface area contributed by atoms with Crippen molar-refractivity contribution in [3.05, 3.63) is 24.1 Å². The molecule has 19 heavy (non-hydrogen) atoms. The Bertz CT molecular complexity index is 547. The molecule has 1 atom stereocenters. The molecular weight excluding hydrogens is 245 g/mol. The molecule has 0 saturated carbocycles. The minimum absolute atomic E-state index is 0.308. The number of halogens is 1. The lowest BCUT2D eigenvalue weighted by atomic mass is 9.96. The van der Waals surface area contributed by atoms with E-state index in [0.717, 1.165) is 32.0 Å². The third-order valence-corrected chi connectivity index (χ3v) is 3.53. The number of nitrogens with zero attached hydrogens (tertiary/aromatic N) is 3. The molecule has 1 fully saturated rings. The van der Waals surface area contributed by atoms with Gasteiger partial charge in [0.05, 0.1) is 6.20 Å². The normalized spacial score (nSPS) is 19.7. The second kappa shape index (κ2) is 5.52. The van der Waals surface area contributed by atoms with E-state index in [4.69, 9.17) is 0 Å². The van der Waals surface area contributed by atoms with E-state index in [1.54, 1.807) is 6.07 Å². The van der Waals surface area contributed by atoms with Crippen molar-refractivity contribution in [1.29, 1.82) is 0 Å². The van der Waals surface area contributed by atoms with E-state index in [1.807, 2.05) is 0 Å². The first kappa shape index (κ1) is 12.3. The summed E-state index contributed by atoms with van der Waals surface area (Å²) in [6.07, 6.45) is 4.99. The highest BCUT2D eigenvalue weighted by molar-refractivity contribution is 5.42. The molecular formula is C13H18FN5. The van der Waals surface area contributed by atoms with Gasteiger partial charge in [-0.05, 0) is 50.4 Å². The Balaban J connectivity index is 1.56. The molecule has 0 bridgehead atoms. The zero-order valence-corrected chi connectivity index (χ0v) is 10.8. The Morgan fingerprint density at radius 3 is 3.26 bits per heavy atom. The minimum atomic E-state index is -0.308. The fourth-order valence-corrected chi connectivity index (χ4v) is 2.49. The zero-order chi connectivity index (χ0) is 13.1. The van der Waals surface area contributed by atoms with E-state index in [9.17, 15) is 4.39 Å². The quantitative estimate of drug-likeness (QED) is 0.881. The van der Waals surface area contributed by atoms with Crippen LogP contribution < -0.4 is 10.6 Å². The van der Waals surface area contributed by atoms with Gasteiger partial charge in [-0.15, -0.1) is 5.10 Å². The summed E-state index contributed by atoms with van der Waals surface area (Å²) in [5.41, 5.74) is 0.656. The van der Waals surface area contributed by atoms with Crippen LogP contribution in [0.15, 0.2) is 18.3 Å². The van der Waals surface area contributed by atoms with Crippen LogP contribution in [0.2, 0.25) is 0 Å². The maximum atomic E-state index is 13.0. The van der Waals surface area contributed by atoms with Crippen LogP contribution in [0, 0.1) is 11.7 Å². The summed E-state index contributed by atoms with van der Waals surface area (Å²) in [7, 11) is 0. The summed E-state index contributed by atoms with van der Waals surface area (Å²) in [5.74, 6) is 0.988. The van der Waals surface area contributed by atoms with Crippen molar-refractivity contribution in [1.82, 2.24) is 19.9 Å². The lowest BCUT2D eigenvalue weighted by molar-refractivity contribution is 0.364. The molecule has 2 N–H and O–H groups in total. The predicted molar refractivity (Wildman–Crippen MR) is 71.6 cm³/mol. The highest BCUT2D eigenvalue weighted by atomic mass is 19.1. The molecule has 3 heterocycles. The summed E-state index contributed by atoms with van der Waals surface area (Å²) in [6.45, 7) is 3.10. The van der Waals surface area contributed by atoms with Gasteiger partial charge in [-0.25, -0.2) is 8.91 Å². The smallest absolute Gasteiger partial charge is 0.243 e. The number of piperidine rings is 1. The molecule has 0 aromatic carbocycles. The summed E-state index contributed by atoms with van der Waals surface area (Å²) in [5, 5.41) is 10.8. The molecule has 102 valence electrons. The third kappa shape index (κ3) is 3.01. The molecule has 0 aliphatic carbocycles. The fourth-order valence-electron chi connectivity index (χ4n) is 2.49. The number of hydrogen-bond donors (Lipinski definition) is 2. The van der Waals surface area contributed by atoms with E-state index in [0.29, 0.717) is 11.6 Å². The number of aromatic nitrogens is 3. The number of fused-ring (bicyclic) bond motifs is 1. The highest BCUT2D eigenvalue weighted by Gasteiger charge is 2.12. The first-order chi connectivity index (χ1) is 9.31. The second-order valence-electron chi connectivity index (χ2n) is 5.01. The van der Waals surface area contributed by atoms with Gasteiger partial charge < -0.3 is 10.6 Å². The van der Waals surface area contributed by atoms with Gasteiger partial charge in [0.25, 0.3) is 0 Å². The summed E-state index contributed by atoms with van der Waals surface area (Å²) < 4.78 is 14.5. The Hall–Kier alpha value is -1.69. The average molecular weight is 263 g/mol. The van der Waals surface area contributed by atoms with Gasteiger partial charge >= 0.3 is 0 Å². The molecule has 0 spiro atoms. The maximum Gasteiger partial charge on any atom is 0.243 e. The Labute approximate surface area is 111 Å². The van der Waals surface area contributed by atoms with E-state index < -0.39 is 0 Å². The standard InChI is InChI=1S/C13H18FN5/c14-11-3-4-12-17-13(18-19(12)9-11)16-7-5-10-2-1-6-15-8-10/h3-4,9-10,15H,1-2,5-8H2,(H,16,18). The van der Waals surface area contributed by atoms with Crippen LogP contribution in [-0.4, -0.2) is 34.2 Å². The van der Waals surface area contributed by atoms with Crippen molar-refractivity contribution in [2.24, 2.45) is 5.92 Å². The maximum absolute atomic E-state index is 13.0. The Morgan fingerprint density at radius 2 is 2.42 bits per heavy atom. The first-order valence-electron chi connectivity index (χ1n) is 6.78. The van der Waals surface area contributed by atoms with Crippen molar-refractivity contribution in [2.75, 3.05) is 25.0 Å². The molecule has 5 nitrogen and oxygen atoms in total. The summed E-state index contributed by atoms with van der Waals surface area (Å²) in [4.78, 5) is 4.29. The molecule has 1 saturated heterocycles. The molecule has 6 heteroatoms. The zero-order valence-electron chi connectivity index (χ0n) is 10.8. The van der Waals surface area contributed by atoms with Gasteiger partial charge in [0, 0.05) is 6.54 Å². The van der Waals surface area contributed by atoms with E-state index >= 15 is 0 Å². The fraction of sp³-hybridized carbons (Fsp3) is 0.538. The van der Waals surface area contributed by atoms with Gasteiger partial charge in [0.1, 0.15) is 5.82 Å². The Morgan fingerprint density at radius 1 is 1.47 bits per heavy atom. The number of rotatable bonds is 4. The van der Waals surface area contributed by atoms with Gasteiger partial charge in [0.2, 0.25) is 5.95 Å². The number of anilines is 1. The largest absolute Gasteiger partial charge is 0.353 e. The van der Waals surface area contributed by atoms with E-state index in [2.05, 4.69) is 20.7 Å².